The van der Waals surface area contributed by atoms with Crippen molar-refractivity contribution in [2.45, 2.75) is 18.9 Å². The second kappa shape index (κ2) is 7.88. The standard InChI is InChI=1S/C20H19F2NO/c21-17-7-3-15(4-8-17)14-23-12-11-19(20-2-1-13-24-20)16-5-9-18(22)10-6-16/h1-10,13,19,23H,11-12,14H2/t19-/m1/s1. The first-order valence-electron chi connectivity index (χ1n) is 7.96. The summed E-state index contributed by atoms with van der Waals surface area (Å²) in [6.45, 7) is 1.44. The molecule has 124 valence electrons. The Morgan fingerprint density at radius 2 is 1.54 bits per heavy atom. The number of benzene rings is 2. The van der Waals surface area contributed by atoms with Crippen molar-refractivity contribution < 1.29 is 13.2 Å². The van der Waals surface area contributed by atoms with Crippen molar-refractivity contribution in [3.05, 3.63) is 95.4 Å². The lowest BCUT2D eigenvalue weighted by Gasteiger charge is -2.16. The summed E-state index contributed by atoms with van der Waals surface area (Å²) in [5, 5.41) is 3.36. The Morgan fingerprint density at radius 3 is 2.17 bits per heavy atom. The molecule has 0 spiro atoms. The molecule has 0 fully saturated rings. The van der Waals surface area contributed by atoms with Crippen molar-refractivity contribution in [1.82, 2.24) is 5.32 Å². The molecular weight excluding hydrogens is 308 g/mol. The summed E-state index contributed by atoms with van der Waals surface area (Å²) >= 11 is 0. The molecule has 3 aromatic rings. The van der Waals surface area contributed by atoms with Crippen molar-refractivity contribution in [1.29, 1.82) is 0 Å². The molecule has 0 radical (unpaired) electrons. The van der Waals surface area contributed by atoms with Crippen LogP contribution in [0.15, 0.2) is 71.3 Å². The Balaban J connectivity index is 1.60. The van der Waals surface area contributed by atoms with Gasteiger partial charge in [0.15, 0.2) is 0 Å². The van der Waals surface area contributed by atoms with Gasteiger partial charge in [-0.1, -0.05) is 24.3 Å². The highest BCUT2D eigenvalue weighted by Gasteiger charge is 2.16. The first-order chi connectivity index (χ1) is 11.7. The van der Waals surface area contributed by atoms with Crippen molar-refractivity contribution in [3.8, 4) is 0 Å². The molecular formula is C20H19F2NO. The summed E-state index contributed by atoms with van der Waals surface area (Å²) in [5.74, 6) is 0.464. The van der Waals surface area contributed by atoms with E-state index < -0.39 is 0 Å². The highest BCUT2D eigenvalue weighted by Crippen LogP contribution is 2.28. The number of hydrogen-bond acceptors (Lipinski definition) is 2. The molecule has 3 rings (SSSR count). The minimum atomic E-state index is -0.244. The van der Waals surface area contributed by atoms with Gasteiger partial charge >= 0.3 is 0 Å². The van der Waals surface area contributed by atoms with E-state index in [0.717, 1.165) is 29.9 Å². The summed E-state index contributed by atoms with van der Waals surface area (Å²) in [4.78, 5) is 0. The normalized spacial score (nSPS) is 12.2. The third-order valence-corrected chi connectivity index (χ3v) is 4.01. The fraction of sp³-hybridized carbons (Fsp3) is 0.200. The van der Waals surface area contributed by atoms with Crippen LogP contribution in [0.25, 0.3) is 0 Å². The van der Waals surface area contributed by atoms with E-state index in [4.69, 9.17) is 4.42 Å². The molecule has 1 atom stereocenters. The van der Waals surface area contributed by atoms with E-state index in [9.17, 15) is 8.78 Å². The second-order valence-corrected chi connectivity index (χ2v) is 5.71. The molecule has 0 bridgehead atoms. The first kappa shape index (κ1) is 16.4. The molecule has 0 saturated heterocycles. The van der Waals surface area contributed by atoms with Crippen LogP contribution in [0.1, 0.15) is 29.2 Å². The minimum absolute atomic E-state index is 0.0707. The number of furan rings is 1. The molecule has 1 heterocycles. The molecule has 2 nitrogen and oxygen atoms in total. The van der Waals surface area contributed by atoms with E-state index in [-0.39, 0.29) is 17.6 Å². The maximum absolute atomic E-state index is 13.2. The Morgan fingerprint density at radius 1 is 0.875 bits per heavy atom. The summed E-state index contributed by atoms with van der Waals surface area (Å²) in [6.07, 6.45) is 2.47. The van der Waals surface area contributed by atoms with Gasteiger partial charge < -0.3 is 9.73 Å². The highest BCUT2D eigenvalue weighted by atomic mass is 19.1. The average molecular weight is 327 g/mol. The minimum Gasteiger partial charge on any atom is -0.469 e. The molecule has 0 saturated carbocycles. The molecule has 1 aromatic heterocycles. The van der Waals surface area contributed by atoms with Gasteiger partial charge in [-0.25, -0.2) is 8.78 Å². The van der Waals surface area contributed by atoms with Crippen LogP contribution in [0.3, 0.4) is 0 Å². The topological polar surface area (TPSA) is 25.2 Å². The molecule has 0 amide bonds. The van der Waals surface area contributed by atoms with Gasteiger partial charge in [0.25, 0.3) is 0 Å². The van der Waals surface area contributed by atoms with Gasteiger partial charge in [0.05, 0.1) is 6.26 Å². The first-order valence-corrected chi connectivity index (χ1v) is 7.96. The maximum atomic E-state index is 13.2. The maximum Gasteiger partial charge on any atom is 0.123 e. The predicted molar refractivity (Wildman–Crippen MR) is 89.7 cm³/mol. The number of halogens is 2. The predicted octanol–water partition coefficient (Wildman–Crippen LogP) is 4.87. The molecule has 24 heavy (non-hydrogen) atoms. The van der Waals surface area contributed by atoms with Crippen LogP contribution < -0.4 is 5.32 Å². The van der Waals surface area contributed by atoms with Crippen LogP contribution in [0.4, 0.5) is 8.78 Å². The molecule has 0 unspecified atom stereocenters. The molecule has 2 aromatic carbocycles. The van der Waals surface area contributed by atoms with Gasteiger partial charge in [0, 0.05) is 12.5 Å². The van der Waals surface area contributed by atoms with Crippen LogP contribution >= 0.6 is 0 Å². The lowest BCUT2D eigenvalue weighted by Crippen LogP contribution is -2.17. The highest BCUT2D eigenvalue weighted by molar-refractivity contribution is 5.27. The average Bonchev–Trinajstić information content (AvgIpc) is 3.12. The van der Waals surface area contributed by atoms with E-state index in [1.165, 1.54) is 24.3 Å². The third kappa shape index (κ3) is 4.30. The zero-order chi connectivity index (χ0) is 16.8. The second-order valence-electron chi connectivity index (χ2n) is 5.71. The third-order valence-electron chi connectivity index (χ3n) is 4.01. The number of hydrogen-bond donors (Lipinski definition) is 1. The van der Waals surface area contributed by atoms with Crippen molar-refractivity contribution in [3.63, 3.8) is 0 Å². The van der Waals surface area contributed by atoms with Gasteiger partial charge in [-0.15, -0.1) is 0 Å². The van der Waals surface area contributed by atoms with Gasteiger partial charge in [-0.05, 0) is 60.5 Å². The van der Waals surface area contributed by atoms with Crippen LogP contribution in [-0.4, -0.2) is 6.54 Å². The van der Waals surface area contributed by atoms with Gasteiger partial charge in [-0.3, -0.25) is 0 Å². The summed E-state index contributed by atoms with van der Waals surface area (Å²) < 4.78 is 31.6. The van der Waals surface area contributed by atoms with E-state index in [1.807, 2.05) is 12.1 Å². The monoisotopic (exact) mass is 327 g/mol. The quantitative estimate of drug-likeness (QED) is 0.626. The Kier molecular flexibility index (Phi) is 5.39. The fourth-order valence-corrected chi connectivity index (χ4v) is 2.74. The van der Waals surface area contributed by atoms with Crippen molar-refractivity contribution in [2.24, 2.45) is 0 Å². The Labute approximate surface area is 140 Å². The Bertz CT molecular complexity index is 736. The molecule has 0 aliphatic carbocycles. The van der Waals surface area contributed by atoms with Gasteiger partial charge in [0.2, 0.25) is 0 Å². The lowest BCUT2D eigenvalue weighted by molar-refractivity contribution is 0.466. The summed E-state index contributed by atoms with van der Waals surface area (Å²) in [6, 6.07) is 16.8. The lowest BCUT2D eigenvalue weighted by atomic mass is 9.93. The molecule has 0 aliphatic rings. The van der Waals surface area contributed by atoms with Crippen LogP contribution in [0.5, 0.6) is 0 Å². The fourth-order valence-electron chi connectivity index (χ4n) is 2.74. The summed E-state index contributed by atoms with van der Waals surface area (Å²) in [5.41, 5.74) is 2.06. The van der Waals surface area contributed by atoms with Crippen LogP contribution in [0, 0.1) is 11.6 Å². The summed E-state index contributed by atoms with van der Waals surface area (Å²) in [7, 11) is 0. The number of rotatable bonds is 7. The smallest absolute Gasteiger partial charge is 0.123 e. The van der Waals surface area contributed by atoms with Crippen molar-refractivity contribution in [2.75, 3.05) is 6.54 Å². The number of nitrogens with one attached hydrogen (secondary N) is 1. The largest absolute Gasteiger partial charge is 0.469 e. The zero-order valence-corrected chi connectivity index (χ0v) is 13.2. The zero-order valence-electron chi connectivity index (χ0n) is 13.2. The molecule has 1 N–H and O–H groups in total. The van der Waals surface area contributed by atoms with Gasteiger partial charge in [-0.2, -0.15) is 0 Å². The molecule has 4 heteroatoms. The van der Waals surface area contributed by atoms with Crippen molar-refractivity contribution >= 4 is 0 Å². The van der Waals surface area contributed by atoms with Crippen LogP contribution in [-0.2, 0) is 6.54 Å². The van der Waals surface area contributed by atoms with E-state index in [1.54, 1.807) is 30.5 Å². The van der Waals surface area contributed by atoms with E-state index in [2.05, 4.69) is 5.32 Å². The SMILES string of the molecule is Fc1ccc(CNCC[C@H](c2ccc(F)cc2)c2ccco2)cc1. The molecule has 0 aliphatic heterocycles. The van der Waals surface area contributed by atoms with Gasteiger partial charge in [0.1, 0.15) is 17.4 Å². The Hall–Kier alpha value is -2.46. The van der Waals surface area contributed by atoms with E-state index >= 15 is 0 Å². The van der Waals surface area contributed by atoms with Crippen LogP contribution in [0.2, 0.25) is 0 Å². The van der Waals surface area contributed by atoms with E-state index in [0.29, 0.717) is 6.54 Å².